The zero-order valence-electron chi connectivity index (χ0n) is 14.9. The molecule has 2 N–H and O–H groups in total. The van der Waals surface area contributed by atoms with Crippen LogP contribution in [0.4, 0.5) is 10.5 Å². The third-order valence-electron chi connectivity index (χ3n) is 3.44. The molecule has 0 bridgehead atoms. The summed E-state index contributed by atoms with van der Waals surface area (Å²) < 4.78 is 9.62. The van der Waals surface area contributed by atoms with Gasteiger partial charge < -0.3 is 20.1 Å². The number of carbonyl (C=O) groups excluding carboxylic acids is 3. The number of ether oxygens (including phenoxy) is 2. The molecular formula is C20H20N2O5. The monoisotopic (exact) mass is 368 g/mol. The van der Waals surface area contributed by atoms with Crippen molar-refractivity contribution in [2.75, 3.05) is 11.9 Å². The quantitative estimate of drug-likeness (QED) is 0.444. The van der Waals surface area contributed by atoms with Crippen molar-refractivity contribution in [3.8, 4) is 5.75 Å². The van der Waals surface area contributed by atoms with E-state index in [1.54, 1.807) is 43.3 Å². The van der Waals surface area contributed by atoms with Gasteiger partial charge >= 0.3 is 6.16 Å². The van der Waals surface area contributed by atoms with Crippen LogP contribution in [0.3, 0.4) is 0 Å². The summed E-state index contributed by atoms with van der Waals surface area (Å²) in [4.78, 5) is 34.7. The second kappa shape index (κ2) is 9.76. The number of benzene rings is 2. The van der Waals surface area contributed by atoms with E-state index in [2.05, 4.69) is 21.9 Å². The fraction of sp³-hybridized carbons (Fsp3) is 0.150. The summed E-state index contributed by atoms with van der Waals surface area (Å²) in [6, 6.07) is 13.2. The second-order valence-electron chi connectivity index (χ2n) is 5.38. The minimum absolute atomic E-state index is 0.221. The lowest BCUT2D eigenvalue weighted by molar-refractivity contribution is -0.116. The van der Waals surface area contributed by atoms with Gasteiger partial charge in [-0.2, -0.15) is 0 Å². The first kappa shape index (κ1) is 19.7. The molecule has 0 aliphatic rings. The van der Waals surface area contributed by atoms with Crippen LogP contribution in [0.15, 0.2) is 61.2 Å². The lowest BCUT2D eigenvalue weighted by Gasteiger charge is -2.08. The van der Waals surface area contributed by atoms with Gasteiger partial charge in [0.25, 0.3) is 5.91 Å². The van der Waals surface area contributed by atoms with Crippen molar-refractivity contribution in [3.05, 3.63) is 72.3 Å². The van der Waals surface area contributed by atoms with E-state index in [1.807, 2.05) is 0 Å². The first-order valence-electron chi connectivity index (χ1n) is 8.27. The molecule has 27 heavy (non-hydrogen) atoms. The van der Waals surface area contributed by atoms with Crippen LogP contribution >= 0.6 is 0 Å². The van der Waals surface area contributed by atoms with Crippen LogP contribution < -0.4 is 15.4 Å². The normalized spacial score (nSPS) is 9.81. The van der Waals surface area contributed by atoms with E-state index in [0.29, 0.717) is 17.8 Å². The molecule has 0 unspecified atom stereocenters. The molecular weight excluding hydrogens is 348 g/mol. The van der Waals surface area contributed by atoms with E-state index in [-0.39, 0.29) is 24.2 Å². The maximum Gasteiger partial charge on any atom is 0.513 e. The van der Waals surface area contributed by atoms with Crippen molar-refractivity contribution >= 4 is 23.7 Å². The Bertz CT molecular complexity index is 813. The molecule has 2 aromatic carbocycles. The Morgan fingerprint density at radius 2 is 1.70 bits per heavy atom. The fourth-order valence-electron chi connectivity index (χ4n) is 2.09. The van der Waals surface area contributed by atoms with Crippen molar-refractivity contribution in [3.63, 3.8) is 0 Å². The smallest absolute Gasteiger partial charge is 0.434 e. The average Bonchev–Trinajstić information content (AvgIpc) is 2.67. The summed E-state index contributed by atoms with van der Waals surface area (Å²) in [5, 5.41) is 5.44. The molecule has 0 fully saturated rings. The Morgan fingerprint density at radius 1 is 1.04 bits per heavy atom. The molecule has 0 atom stereocenters. The first-order chi connectivity index (χ1) is 13.0. The first-order valence-corrected chi connectivity index (χ1v) is 8.27. The van der Waals surface area contributed by atoms with Gasteiger partial charge in [-0.1, -0.05) is 18.7 Å². The predicted octanol–water partition coefficient (Wildman–Crippen LogP) is 3.28. The van der Waals surface area contributed by atoms with Gasteiger partial charge in [0.2, 0.25) is 5.91 Å². The highest BCUT2D eigenvalue weighted by Gasteiger charge is 2.09. The summed E-state index contributed by atoms with van der Waals surface area (Å²) >= 11 is 0. The Balaban J connectivity index is 1.91. The minimum atomic E-state index is -0.793. The molecule has 0 aliphatic heterocycles. The molecule has 2 amide bonds. The average molecular weight is 368 g/mol. The molecule has 2 aromatic rings. The molecule has 0 spiro atoms. The van der Waals surface area contributed by atoms with Gasteiger partial charge in [0, 0.05) is 17.8 Å². The Labute approximate surface area is 157 Å². The standard InChI is InChI=1S/C20H20N2O5/c1-3-18(23)21-13-14-5-9-16(10-6-14)22-19(24)15-7-11-17(12-8-15)27-20(25)26-4-2/h3,5-12H,1,4,13H2,2H3,(H,21,23)(H,22,24). The Hall–Kier alpha value is -3.61. The number of nitrogens with one attached hydrogen (secondary N) is 2. The van der Waals surface area contributed by atoms with Crippen LogP contribution in [-0.4, -0.2) is 24.6 Å². The number of anilines is 1. The predicted molar refractivity (Wildman–Crippen MR) is 101 cm³/mol. The number of hydrogen-bond donors (Lipinski definition) is 2. The van der Waals surface area contributed by atoms with E-state index in [9.17, 15) is 14.4 Å². The summed E-state index contributed by atoms with van der Waals surface area (Å²) in [5.74, 6) is -0.260. The number of amides is 2. The Kier molecular flexibility index (Phi) is 7.13. The van der Waals surface area contributed by atoms with Crippen LogP contribution in [0.25, 0.3) is 0 Å². The van der Waals surface area contributed by atoms with E-state index >= 15 is 0 Å². The van der Waals surface area contributed by atoms with Crippen molar-refractivity contribution < 1.29 is 23.9 Å². The summed E-state index contributed by atoms with van der Waals surface area (Å²) in [7, 11) is 0. The van der Waals surface area contributed by atoms with Gasteiger partial charge in [0.15, 0.2) is 0 Å². The molecule has 0 saturated carbocycles. The maximum absolute atomic E-state index is 12.3. The third kappa shape index (κ3) is 6.32. The molecule has 140 valence electrons. The summed E-state index contributed by atoms with van der Waals surface area (Å²) in [5.41, 5.74) is 1.92. The molecule has 0 saturated heterocycles. The van der Waals surface area contributed by atoms with Crippen molar-refractivity contribution in [1.82, 2.24) is 5.32 Å². The number of carbonyl (C=O) groups is 3. The summed E-state index contributed by atoms with van der Waals surface area (Å²) in [6.07, 6.45) is 0.413. The van der Waals surface area contributed by atoms with Crippen LogP contribution in [-0.2, 0) is 16.1 Å². The van der Waals surface area contributed by atoms with Gasteiger partial charge in [-0.05, 0) is 55.0 Å². The number of rotatable bonds is 7. The number of hydrogen-bond acceptors (Lipinski definition) is 5. The van der Waals surface area contributed by atoms with E-state index in [4.69, 9.17) is 4.74 Å². The molecule has 0 aliphatic carbocycles. The van der Waals surface area contributed by atoms with Crippen LogP contribution in [0, 0.1) is 0 Å². The van der Waals surface area contributed by atoms with Crippen molar-refractivity contribution in [1.29, 1.82) is 0 Å². The summed E-state index contributed by atoms with van der Waals surface area (Å²) in [6.45, 7) is 5.66. The van der Waals surface area contributed by atoms with E-state index in [1.165, 1.54) is 18.2 Å². The molecule has 2 rings (SSSR count). The van der Waals surface area contributed by atoms with Gasteiger partial charge in [-0.3, -0.25) is 9.59 Å². The van der Waals surface area contributed by atoms with Gasteiger partial charge in [0.1, 0.15) is 5.75 Å². The molecule has 0 aromatic heterocycles. The highest BCUT2D eigenvalue weighted by molar-refractivity contribution is 6.04. The van der Waals surface area contributed by atoms with E-state index in [0.717, 1.165) is 5.56 Å². The van der Waals surface area contributed by atoms with Crippen LogP contribution in [0.5, 0.6) is 5.75 Å². The lowest BCUT2D eigenvalue weighted by Crippen LogP contribution is -2.19. The topological polar surface area (TPSA) is 93.7 Å². The second-order valence-corrected chi connectivity index (χ2v) is 5.38. The molecule has 7 heteroatoms. The van der Waals surface area contributed by atoms with Gasteiger partial charge in [-0.15, -0.1) is 0 Å². The minimum Gasteiger partial charge on any atom is -0.434 e. The molecule has 0 radical (unpaired) electrons. The highest BCUT2D eigenvalue weighted by Crippen LogP contribution is 2.15. The SMILES string of the molecule is C=CC(=O)NCc1ccc(NC(=O)c2ccc(OC(=O)OCC)cc2)cc1. The molecule has 7 nitrogen and oxygen atoms in total. The largest absolute Gasteiger partial charge is 0.513 e. The van der Waals surface area contributed by atoms with Crippen molar-refractivity contribution in [2.45, 2.75) is 13.5 Å². The zero-order chi connectivity index (χ0) is 19.6. The van der Waals surface area contributed by atoms with Crippen LogP contribution in [0.2, 0.25) is 0 Å². The lowest BCUT2D eigenvalue weighted by atomic mass is 10.1. The fourth-order valence-corrected chi connectivity index (χ4v) is 2.09. The highest BCUT2D eigenvalue weighted by atomic mass is 16.7. The van der Waals surface area contributed by atoms with Gasteiger partial charge in [0.05, 0.1) is 6.61 Å². The Morgan fingerprint density at radius 3 is 2.30 bits per heavy atom. The van der Waals surface area contributed by atoms with Gasteiger partial charge in [-0.25, -0.2) is 4.79 Å². The van der Waals surface area contributed by atoms with E-state index < -0.39 is 6.16 Å². The zero-order valence-corrected chi connectivity index (χ0v) is 14.9. The third-order valence-corrected chi connectivity index (χ3v) is 3.44. The maximum atomic E-state index is 12.3. The van der Waals surface area contributed by atoms with Crippen molar-refractivity contribution in [2.24, 2.45) is 0 Å². The molecule has 0 heterocycles. The van der Waals surface area contributed by atoms with Crippen LogP contribution in [0.1, 0.15) is 22.8 Å².